The average molecular weight is 412 g/mol. The van der Waals surface area contributed by atoms with E-state index in [1.807, 2.05) is 18.3 Å². The summed E-state index contributed by atoms with van der Waals surface area (Å²) in [5.74, 6) is -2.28. The van der Waals surface area contributed by atoms with Crippen LogP contribution in [0.15, 0.2) is 41.6 Å². The second-order valence-electron chi connectivity index (χ2n) is 7.80. The van der Waals surface area contributed by atoms with Crippen LogP contribution in [-0.2, 0) is 13.1 Å². The molecule has 2 aliphatic heterocycles. The highest BCUT2D eigenvalue weighted by molar-refractivity contribution is 5.86. The maximum absolute atomic E-state index is 14.1. The quantitative estimate of drug-likeness (QED) is 0.714. The molecule has 1 atom stereocenters. The van der Waals surface area contributed by atoms with Crippen LogP contribution in [0.4, 0.5) is 14.5 Å². The summed E-state index contributed by atoms with van der Waals surface area (Å²) < 4.78 is 35.2. The molecule has 156 valence electrons. The van der Waals surface area contributed by atoms with Crippen molar-refractivity contribution in [1.82, 2.24) is 14.9 Å². The molecule has 2 aromatic heterocycles. The fourth-order valence-electron chi connectivity index (χ4n) is 4.39. The van der Waals surface area contributed by atoms with Crippen molar-refractivity contribution >= 4 is 16.6 Å². The summed E-state index contributed by atoms with van der Waals surface area (Å²) in [5.41, 5.74) is 1.66. The van der Waals surface area contributed by atoms with Crippen LogP contribution >= 0.6 is 0 Å². The third kappa shape index (κ3) is 3.31. The van der Waals surface area contributed by atoms with Gasteiger partial charge in [-0.25, -0.2) is 4.39 Å². The molecule has 1 N–H and O–H groups in total. The molecule has 4 heterocycles. The van der Waals surface area contributed by atoms with Crippen LogP contribution in [0.25, 0.3) is 10.9 Å². The zero-order chi connectivity index (χ0) is 20.7. The SMILES string of the molecule is O=c1c(CNC2CCCN(c3cccnc3)C2)cn2c3c(c(F)c(F)cc13)OCC2. The highest BCUT2D eigenvalue weighted by Crippen LogP contribution is 2.32. The number of pyridine rings is 2. The summed E-state index contributed by atoms with van der Waals surface area (Å²) in [6.07, 6.45) is 7.41. The zero-order valence-corrected chi connectivity index (χ0v) is 16.4. The Morgan fingerprint density at radius 2 is 2.20 bits per heavy atom. The molecule has 0 saturated carbocycles. The first kappa shape index (κ1) is 19.0. The molecule has 30 heavy (non-hydrogen) atoms. The molecule has 3 aromatic rings. The third-order valence-corrected chi connectivity index (χ3v) is 5.88. The average Bonchev–Trinajstić information content (AvgIpc) is 2.79. The zero-order valence-electron chi connectivity index (χ0n) is 16.4. The van der Waals surface area contributed by atoms with Gasteiger partial charge in [0.2, 0.25) is 5.82 Å². The molecular formula is C22H22F2N4O2. The van der Waals surface area contributed by atoms with E-state index in [9.17, 15) is 13.6 Å². The van der Waals surface area contributed by atoms with Crippen LogP contribution in [0.2, 0.25) is 0 Å². The Hall–Kier alpha value is -3.00. The molecule has 0 aliphatic carbocycles. The lowest BCUT2D eigenvalue weighted by atomic mass is 10.0. The highest BCUT2D eigenvalue weighted by Gasteiger charge is 2.25. The second-order valence-corrected chi connectivity index (χ2v) is 7.80. The Balaban J connectivity index is 1.39. The summed E-state index contributed by atoms with van der Waals surface area (Å²) in [6.45, 7) is 2.89. The van der Waals surface area contributed by atoms with E-state index in [4.69, 9.17) is 4.74 Å². The smallest absolute Gasteiger partial charge is 0.202 e. The van der Waals surface area contributed by atoms with Crippen molar-refractivity contribution in [3.63, 3.8) is 0 Å². The van der Waals surface area contributed by atoms with Crippen LogP contribution < -0.4 is 20.4 Å². The Labute approximate surface area is 172 Å². The third-order valence-electron chi connectivity index (χ3n) is 5.88. The Bertz CT molecular complexity index is 1150. The number of aromatic nitrogens is 2. The second kappa shape index (κ2) is 7.68. The standard InChI is InChI=1S/C22H22F2N4O2/c23-18-9-17-20-22(19(18)24)30-8-7-28(20)12-14(21(17)29)10-26-15-3-2-6-27(13-15)16-4-1-5-25-11-16/h1,4-5,9,11-12,15,26H,2-3,6-8,10,13H2. The Morgan fingerprint density at radius 1 is 1.30 bits per heavy atom. The fourth-order valence-corrected chi connectivity index (χ4v) is 4.39. The lowest BCUT2D eigenvalue weighted by Crippen LogP contribution is -2.46. The molecular weight excluding hydrogens is 390 g/mol. The summed E-state index contributed by atoms with van der Waals surface area (Å²) in [6, 6.07) is 5.17. The number of hydrogen-bond donors (Lipinski definition) is 1. The molecule has 0 radical (unpaired) electrons. The minimum atomic E-state index is -1.06. The van der Waals surface area contributed by atoms with E-state index < -0.39 is 11.6 Å². The van der Waals surface area contributed by atoms with Crippen molar-refractivity contribution in [3.05, 3.63) is 64.2 Å². The molecule has 1 aromatic carbocycles. The summed E-state index contributed by atoms with van der Waals surface area (Å²) in [4.78, 5) is 19.5. The van der Waals surface area contributed by atoms with Gasteiger partial charge in [0.25, 0.3) is 0 Å². The number of rotatable bonds is 4. The van der Waals surface area contributed by atoms with Gasteiger partial charge < -0.3 is 19.5 Å². The van der Waals surface area contributed by atoms with Crippen molar-refractivity contribution in [2.24, 2.45) is 0 Å². The molecule has 0 bridgehead atoms. The summed E-state index contributed by atoms with van der Waals surface area (Å²) >= 11 is 0. The normalized spacial score (nSPS) is 18.5. The molecule has 0 amide bonds. The van der Waals surface area contributed by atoms with Crippen LogP contribution in [0.5, 0.6) is 5.75 Å². The van der Waals surface area contributed by atoms with Gasteiger partial charge in [-0.15, -0.1) is 0 Å². The number of piperidine rings is 1. The van der Waals surface area contributed by atoms with Crippen LogP contribution in [0.3, 0.4) is 0 Å². The summed E-state index contributed by atoms with van der Waals surface area (Å²) in [7, 11) is 0. The highest BCUT2D eigenvalue weighted by atomic mass is 19.2. The van der Waals surface area contributed by atoms with E-state index in [2.05, 4.69) is 15.2 Å². The van der Waals surface area contributed by atoms with Crippen LogP contribution in [0.1, 0.15) is 18.4 Å². The van der Waals surface area contributed by atoms with E-state index in [0.29, 0.717) is 24.2 Å². The Kier molecular flexibility index (Phi) is 4.86. The van der Waals surface area contributed by atoms with Gasteiger partial charge in [-0.05, 0) is 31.0 Å². The molecule has 1 saturated heterocycles. The van der Waals surface area contributed by atoms with Gasteiger partial charge in [0.15, 0.2) is 17.0 Å². The van der Waals surface area contributed by atoms with Crippen molar-refractivity contribution in [1.29, 1.82) is 0 Å². The van der Waals surface area contributed by atoms with Crippen molar-refractivity contribution in [2.75, 3.05) is 24.6 Å². The van der Waals surface area contributed by atoms with Crippen molar-refractivity contribution in [3.8, 4) is 5.75 Å². The lowest BCUT2D eigenvalue weighted by Gasteiger charge is -2.34. The van der Waals surface area contributed by atoms with E-state index in [-0.39, 0.29) is 29.2 Å². The van der Waals surface area contributed by atoms with Crippen molar-refractivity contribution < 1.29 is 13.5 Å². The molecule has 1 unspecified atom stereocenters. The molecule has 2 aliphatic rings. The number of halogens is 2. The largest absolute Gasteiger partial charge is 0.486 e. The number of nitrogens with one attached hydrogen (secondary N) is 1. The number of benzene rings is 1. The monoisotopic (exact) mass is 412 g/mol. The van der Waals surface area contributed by atoms with Gasteiger partial charge in [-0.2, -0.15) is 4.39 Å². The minimum absolute atomic E-state index is 0.156. The maximum atomic E-state index is 14.1. The van der Waals surface area contributed by atoms with Gasteiger partial charge >= 0.3 is 0 Å². The first-order chi connectivity index (χ1) is 14.6. The molecule has 1 fully saturated rings. The number of nitrogens with zero attached hydrogens (tertiary/aromatic N) is 3. The van der Waals surface area contributed by atoms with Gasteiger partial charge in [0.05, 0.1) is 29.3 Å². The molecule has 6 nitrogen and oxygen atoms in total. The van der Waals surface area contributed by atoms with E-state index >= 15 is 0 Å². The fraction of sp³-hybridized carbons (Fsp3) is 0.364. The number of hydrogen-bond acceptors (Lipinski definition) is 5. The minimum Gasteiger partial charge on any atom is -0.486 e. The summed E-state index contributed by atoms with van der Waals surface area (Å²) in [5, 5.41) is 3.63. The molecule has 0 spiro atoms. The Morgan fingerprint density at radius 3 is 3.03 bits per heavy atom. The van der Waals surface area contributed by atoms with E-state index in [0.717, 1.165) is 37.7 Å². The van der Waals surface area contributed by atoms with Crippen LogP contribution in [-0.4, -0.2) is 35.3 Å². The predicted octanol–water partition coefficient (Wildman–Crippen LogP) is 2.83. The number of ether oxygens (including phenoxy) is 1. The number of anilines is 1. The lowest BCUT2D eigenvalue weighted by molar-refractivity contribution is 0.267. The predicted molar refractivity (Wildman–Crippen MR) is 110 cm³/mol. The molecule has 5 rings (SSSR count). The van der Waals surface area contributed by atoms with E-state index in [1.54, 1.807) is 17.0 Å². The topological polar surface area (TPSA) is 59.4 Å². The van der Waals surface area contributed by atoms with Gasteiger partial charge in [-0.1, -0.05) is 0 Å². The van der Waals surface area contributed by atoms with Crippen molar-refractivity contribution in [2.45, 2.75) is 32.0 Å². The van der Waals surface area contributed by atoms with Gasteiger partial charge in [-0.3, -0.25) is 9.78 Å². The first-order valence-corrected chi connectivity index (χ1v) is 10.2. The first-order valence-electron chi connectivity index (χ1n) is 10.2. The van der Waals surface area contributed by atoms with Gasteiger partial charge in [0.1, 0.15) is 6.61 Å². The maximum Gasteiger partial charge on any atom is 0.202 e. The van der Waals surface area contributed by atoms with Gasteiger partial charge in [0, 0.05) is 43.6 Å². The van der Waals surface area contributed by atoms with E-state index in [1.165, 1.54) is 0 Å². The molecule has 8 heteroatoms. The van der Waals surface area contributed by atoms with Crippen LogP contribution in [0, 0.1) is 11.6 Å².